The molecule has 1 heterocycles. The molecule has 5 rings (SSSR count). The highest BCUT2D eigenvalue weighted by molar-refractivity contribution is 9.10. The average molecular weight is 585 g/mol. The third-order valence-electron chi connectivity index (χ3n) is 6.85. The lowest BCUT2D eigenvalue weighted by atomic mass is 10.0. The molecule has 0 saturated carbocycles. The Kier molecular flexibility index (Phi) is 7.17. The molecule has 3 nitrogen and oxygen atoms in total. The van der Waals surface area contributed by atoms with Crippen LogP contribution in [0.5, 0.6) is 0 Å². The van der Waals surface area contributed by atoms with E-state index in [1.165, 1.54) is 5.56 Å². The molecular formula is C33H30BrNO2S. The van der Waals surface area contributed by atoms with Gasteiger partial charge in [0.25, 0.3) is 0 Å². The first-order valence-electron chi connectivity index (χ1n) is 12.6. The van der Waals surface area contributed by atoms with Gasteiger partial charge in [-0.05, 0) is 98.0 Å². The molecule has 0 fully saturated rings. The van der Waals surface area contributed by atoms with Gasteiger partial charge in [0.1, 0.15) is 0 Å². The number of anilines is 2. The van der Waals surface area contributed by atoms with Crippen LogP contribution in [0, 0.1) is 27.7 Å². The number of rotatable bonds is 5. The van der Waals surface area contributed by atoms with Crippen molar-refractivity contribution in [2.24, 2.45) is 0 Å². The summed E-state index contributed by atoms with van der Waals surface area (Å²) in [6.07, 6.45) is 4.18. The van der Waals surface area contributed by atoms with E-state index < -0.39 is 9.84 Å². The van der Waals surface area contributed by atoms with Crippen LogP contribution in [-0.2, 0) is 9.84 Å². The van der Waals surface area contributed by atoms with Gasteiger partial charge in [0.2, 0.25) is 0 Å². The predicted molar refractivity (Wildman–Crippen MR) is 163 cm³/mol. The molecule has 4 aromatic rings. The Morgan fingerprint density at radius 3 is 2.03 bits per heavy atom. The summed E-state index contributed by atoms with van der Waals surface area (Å²) < 4.78 is 28.7. The van der Waals surface area contributed by atoms with Crippen molar-refractivity contribution < 1.29 is 8.42 Å². The predicted octanol–water partition coefficient (Wildman–Crippen LogP) is 8.73. The van der Waals surface area contributed by atoms with E-state index in [4.69, 9.17) is 0 Å². The Hall–Kier alpha value is -3.41. The van der Waals surface area contributed by atoms with Crippen LogP contribution in [0.25, 0.3) is 11.6 Å². The molecule has 38 heavy (non-hydrogen) atoms. The van der Waals surface area contributed by atoms with Crippen molar-refractivity contribution in [1.29, 1.82) is 0 Å². The van der Waals surface area contributed by atoms with Gasteiger partial charge in [-0.2, -0.15) is 0 Å². The van der Waals surface area contributed by atoms with Crippen LogP contribution in [-0.4, -0.2) is 14.2 Å². The second kappa shape index (κ2) is 10.4. The molecule has 0 aromatic heterocycles. The number of sulfone groups is 1. The number of hydrogen-bond donors (Lipinski definition) is 0. The molecule has 0 N–H and O–H groups in total. The first kappa shape index (κ1) is 26.2. The van der Waals surface area contributed by atoms with E-state index in [9.17, 15) is 8.42 Å². The molecule has 5 heteroatoms. The normalized spacial score (nSPS) is 13.4. The largest absolute Gasteiger partial charge is 0.312 e. The number of benzene rings is 4. The molecule has 0 atom stereocenters. The highest BCUT2D eigenvalue weighted by Gasteiger charge is 2.28. The maximum Gasteiger partial charge on any atom is 0.183 e. The average Bonchev–Trinajstić information content (AvgIpc) is 3.01. The standard InChI is InChI=1S/C33H30BrNO2S/c1-22-9-15-31(16-10-22)38(36,37)21-30-20-28(26-11-13-29(34)14-12-26)19-27-7-5-6-8-32(27)35(30)33-24(3)17-23(2)18-25(33)4/h5-20H,21H2,1-4H3. The van der Waals surface area contributed by atoms with E-state index in [0.29, 0.717) is 10.6 Å². The van der Waals surface area contributed by atoms with Crippen molar-refractivity contribution in [3.05, 3.63) is 135 Å². The molecular weight excluding hydrogens is 554 g/mol. The van der Waals surface area contributed by atoms with Gasteiger partial charge in [-0.15, -0.1) is 0 Å². The van der Waals surface area contributed by atoms with E-state index in [1.807, 2.05) is 49.4 Å². The number of nitrogens with zero attached hydrogens (tertiary/aromatic N) is 1. The highest BCUT2D eigenvalue weighted by Crippen LogP contribution is 2.42. The van der Waals surface area contributed by atoms with E-state index in [2.05, 4.69) is 84.1 Å². The molecule has 0 unspecified atom stereocenters. The molecule has 1 aliphatic heterocycles. The van der Waals surface area contributed by atoms with Crippen LogP contribution in [0.1, 0.15) is 33.4 Å². The number of allylic oxidation sites excluding steroid dienone is 2. The topological polar surface area (TPSA) is 37.4 Å². The van der Waals surface area contributed by atoms with Gasteiger partial charge >= 0.3 is 0 Å². The zero-order valence-electron chi connectivity index (χ0n) is 22.0. The molecule has 0 spiro atoms. The molecule has 0 saturated heterocycles. The Labute approximate surface area is 234 Å². The summed E-state index contributed by atoms with van der Waals surface area (Å²) >= 11 is 3.53. The van der Waals surface area contributed by atoms with E-state index in [0.717, 1.165) is 49.2 Å². The van der Waals surface area contributed by atoms with E-state index in [-0.39, 0.29) is 5.75 Å². The third-order valence-corrected chi connectivity index (χ3v) is 9.05. The fourth-order valence-electron chi connectivity index (χ4n) is 5.15. The molecule has 0 amide bonds. The summed E-state index contributed by atoms with van der Waals surface area (Å²) in [4.78, 5) is 2.47. The number of para-hydroxylation sites is 1. The number of fused-ring (bicyclic) bond motifs is 1. The zero-order chi connectivity index (χ0) is 27.0. The van der Waals surface area contributed by atoms with Crippen LogP contribution < -0.4 is 4.90 Å². The quantitative estimate of drug-likeness (QED) is 0.235. The van der Waals surface area contributed by atoms with Crippen LogP contribution in [0.2, 0.25) is 0 Å². The Bertz CT molecular complexity index is 1660. The SMILES string of the molecule is Cc1ccc(S(=O)(=O)CC2=CC(c3ccc(Br)cc3)=Cc3ccccc3N2c2c(C)cc(C)cc2C)cc1. The number of halogens is 1. The van der Waals surface area contributed by atoms with E-state index in [1.54, 1.807) is 12.1 Å². The van der Waals surface area contributed by atoms with Gasteiger partial charge in [-0.25, -0.2) is 8.42 Å². The summed E-state index contributed by atoms with van der Waals surface area (Å²) in [5.74, 6) is -0.134. The van der Waals surface area contributed by atoms with Crippen LogP contribution in [0.4, 0.5) is 11.4 Å². The number of aryl methyl sites for hydroxylation is 4. The summed E-state index contributed by atoms with van der Waals surface area (Å²) in [6.45, 7) is 8.24. The van der Waals surface area contributed by atoms with Gasteiger partial charge < -0.3 is 4.90 Å². The van der Waals surface area contributed by atoms with Crippen LogP contribution in [0.15, 0.2) is 106 Å². The second-order valence-electron chi connectivity index (χ2n) is 9.96. The minimum Gasteiger partial charge on any atom is -0.312 e. The van der Waals surface area contributed by atoms with Gasteiger partial charge in [-0.3, -0.25) is 0 Å². The summed E-state index contributed by atoms with van der Waals surface area (Å²) in [5, 5.41) is 0. The molecule has 0 bridgehead atoms. The minimum atomic E-state index is -3.63. The minimum absolute atomic E-state index is 0.134. The third kappa shape index (κ3) is 5.27. The van der Waals surface area contributed by atoms with Crippen molar-refractivity contribution >= 4 is 48.8 Å². The summed E-state index contributed by atoms with van der Waals surface area (Å²) in [5.41, 5.74) is 10.1. The van der Waals surface area contributed by atoms with Crippen molar-refractivity contribution in [2.45, 2.75) is 32.6 Å². The molecule has 0 radical (unpaired) electrons. The van der Waals surface area contributed by atoms with Gasteiger partial charge in [0.15, 0.2) is 9.84 Å². The van der Waals surface area contributed by atoms with Gasteiger partial charge in [0, 0.05) is 10.2 Å². The van der Waals surface area contributed by atoms with Gasteiger partial charge in [0.05, 0.1) is 22.0 Å². The maximum absolute atomic E-state index is 13.8. The fraction of sp³-hybridized carbons (Fsp3) is 0.152. The first-order valence-corrected chi connectivity index (χ1v) is 15.0. The lowest BCUT2D eigenvalue weighted by Crippen LogP contribution is -2.25. The fourth-order valence-corrected chi connectivity index (χ4v) is 6.73. The Balaban J connectivity index is 1.76. The van der Waals surface area contributed by atoms with Crippen molar-refractivity contribution in [1.82, 2.24) is 0 Å². The Morgan fingerprint density at radius 1 is 0.737 bits per heavy atom. The van der Waals surface area contributed by atoms with Crippen molar-refractivity contribution in [3.8, 4) is 0 Å². The molecule has 0 aliphatic carbocycles. The smallest absolute Gasteiger partial charge is 0.183 e. The molecule has 192 valence electrons. The lowest BCUT2D eigenvalue weighted by molar-refractivity contribution is 0.598. The van der Waals surface area contributed by atoms with Gasteiger partial charge in [-0.1, -0.05) is 81.7 Å². The second-order valence-corrected chi connectivity index (χ2v) is 12.9. The Morgan fingerprint density at radius 2 is 1.37 bits per heavy atom. The first-order chi connectivity index (χ1) is 18.1. The maximum atomic E-state index is 13.8. The summed E-state index contributed by atoms with van der Waals surface area (Å²) in [6, 6.07) is 27.7. The summed E-state index contributed by atoms with van der Waals surface area (Å²) in [7, 11) is -3.63. The van der Waals surface area contributed by atoms with Crippen molar-refractivity contribution in [3.63, 3.8) is 0 Å². The van der Waals surface area contributed by atoms with Crippen LogP contribution in [0.3, 0.4) is 0 Å². The number of hydrogen-bond acceptors (Lipinski definition) is 3. The van der Waals surface area contributed by atoms with Crippen LogP contribution >= 0.6 is 15.9 Å². The van der Waals surface area contributed by atoms with E-state index >= 15 is 0 Å². The molecule has 1 aliphatic rings. The highest BCUT2D eigenvalue weighted by atomic mass is 79.9. The molecule has 4 aromatic carbocycles. The van der Waals surface area contributed by atoms with Crippen molar-refractivity contribution in [2.75, 3.05) is 10.7 Å². The lowest BCUT2D eigenvalue weighted by Gasteiger charge is -2.31. The monoisotopic (exact) mass is 583 g/mol. The zero-order valence-corrected chi connectivity index (χ0v) is 24.4.